The highest BCUT2D eigenvalue weighted by Gasteiger charge is 3.02. The highest BCUT2D eigenvalue weighted by molar-refractivity contribution is 6.00. The highest BCUT2D eigenvalue weighted by Crippen LogP contribution is 2.69. The first-order valence-corrected chi connectivity index (χ1v) is 7.31. The van der Waals surface area contributed by atoms with Crippen LogP contribution >= 0.6 is 0 Å². The maximum absolute atomic E-state index is 14.5. The van der Waals surface area contributed by atoms with Gasteiger partial charge in [0.2, 0.25) is 0 Å². The Morgan fingerprint density at radius 3 is 1.34 bits per heavy atom. The van der Waals surface area contributed by atoms with Crippen LogP contribution in [-0.4, -0.2) is 47.0 Å². The molecule has 14 heteroatoms. The van der Waals surface area contributed by atoms with Crippen molar-refractivity contribution in [2.75, 3.05) is 5.32 Å². The molecule has 2 rings (SSSR count). The van der Waals surface area contributed by atoms with E-state index in [4.69, 9.17) is 0 Å². The van der Waals surface area contributed by atoms with E-state index in [1.807, 2.05) is 0 Å². The summed E-state index contributed by atoms with van der Waals surface area (Å²) in [6, 6.07) is 3.00. The fraction of sp³-hybridized carbons (Fsp3) is 0.467. The van der Waals surface area contributed by atoms with Crippen LogP contribution in [0.25, 0.3) is 0 Å². The Bertz CT molecular complexity index is 818. The van der Waals surface area contributed by atoms with Crippen LogP contribution in [0.2, 0.25) is 0 Å². The molecule has 1 aliphatic rings. The van der Waals surface area contributed by atoms with Crippen LogP contribution in [-0.2, 0) is 4.79 Å². The lowest BCUT2D eigenvalue weighted by molar-refractivity contribution is -0.475. The molecular weight excluding hydrogens is 435 g/mol. The molecule has 0 radical (unpaired) electrons. The van der Waals surface area contributed by atoms with Crippen LogP contribution in [0, 0.1) is 0 Å². The monoisotopic (exact) mass is 443 g/mol. The molecule has 0 atom stereocenters. The van der Waals surface area contributed by atoms with Crippen LogP contribution in [0.5, 0.6) is 0 Å². The third-order valence-electron chi connectivity index (χ3n) is 4.30. The van der Waals surface area contributed by atoms with E-state index >= 15 is 0 Å². The first kappa shape index (κ1) is 22.9. The average molecular weight is 443 g/mol. The van der Waals surface area contributed by atoms with Crippen LogP contribution in [0.1, 0.15) is 17.3 Å². The van der Waals surface area contributed by atoms with Gasteiger partial charge in [0.05, 0.1) is 0 Å². The van der Waals surface area contributed by atoms with Crippen molar-refractivity contribution in [1.82, 2.24) is 0 Å². The molecule has 1 fully saturated rings. The molecule has 0 spiro atoms. The van der Waals surface area contributed by atoms with E-state index in [-0.39, 0.29) is 5.56 Å². The lowest BCUT2D eigenvalue weighted by Gasteiger charge is -2.51. The molecule has 162 valence electrons. The van der Waals surface area contributed by atoms with Crippen LogP contribution in [0.4, 0.5) is 54.0 Å². The number of carbonyl (C=O) groups is 2. The third-order valence-corrected chi connectivity index (χ3v) is 4.30. The molecule has 1 aromatic rings. The number of halogens is 11. The fourth-order valence-electron chi connectivity index (χ4n) is 2.51. The van der Waals surface area contributed by atoms with Gasteiger partial charge >= 0.3 is 35.3 Å². The predicted octanol–water partition coefficient (Wildman–Crippen LogP) is 4.73. The second-order valence-corrected chi connectivity index (χ2v) is 6.12. The Labute approximate surface area is 153 Å². The van der Waals surface area contributed by atoms with Gasteiger partial charge in [-0.1, -0.05) is 0 Å². The van der Waals surface area contributed by atoms with E-state index in [1.165, 1.54) is 0 Å². The van der Waals surface area contributed by atoms with Crippen molar-refractivity contribution in [3.05, 3.63) is 29.8 Å². The second kappa shape index (κ2) is 6.05. The summed E-state index contributed by atoms with van der Waals surface area (Å²) in [5.74, 6) is -40.6. The van der Waals surface area contributed by atoms with Gasteiger partial charge in [0.1, 0.15) is 0 Å². The summed E-state index contributed by atoms with van der Waals surface area (Å²) in [5, 5.41) is 0.936. The zero-order chi connectivity index (χ0) is 22.8. The fourth-order valence-corrected chi connectivity index (χ4v) is 2.51. The molecule has 3 nitrogen and oxygen atoms in total. The van der Waals surface area contributed by atoms with Gasteiger partial charge in [0.25, 0.3) is 5.91 Å². The molecule has 0 aromatic heterocycles. The number of nitrogens with one attached hydrogen (secondary N) is 1. The summed E-state index contributed by atoms with van der Waals surface area (Å²) < 4.78 is 149. The van der Waals surface area contributed by atoms with Gasteiger partial charge in [-0.3, -0.25) is 9.59 Å². The number of ketones is 1. The van der Waals surface area contributed by atoms with Crippen molar-refractivity contribution in [3.8, 4) is 0 Å². The van der Waals surface area contributed by atoms with Crippen LogP contribution < -0.4 is 5.32 Å². The molecule has 29 heavy (non-hydrogen) atoms. The Morgan fingerprint density at radius 1 is 0.655 bits per heavy atom. The minimum absolute atomic E-state index is 0.0796. The van der Waals surface area contributed by atoms with E-state index in [1.54, 1.807) is 0 Å². The molecule has 0 bridgehead atoms. The Balaban J connectivity index is 2.60. The number of Topliss-reactive ketones (excluding diaryl/α,β-unsaturated/α-hetero) is 1. The second-order valence-electron chi connectivity index (χ2n) is 6.12. The lowest BCUT2D eigenvalue weighted by Crippen LogP contribution is -2.86. The number of amides is 1. The SMILES string of the molecule is CC(=O)c1ccc(NC(=O)C2(F)C(F)(F)C(F)(F)C(F)(F)C(F)(F)C2(F)F)cc1. The molecule has 1 aliphatic carbocycles. The molecule has 0 unspecified atom stereocenters. The summed E-state index contributed by atoms with van der Waals surface area (Å²) in [7, 11) is 0. The summed E-state index contributed by atoms with van der Waals surface area (Å²) in [6.07, 6.45) is 0. The number of benzene rings is 1. The normalized spacial score (nSPS) is 25.1. The van der Waals surface area contributed by atoms with Crippen LogP contribution in [0.3, 0.4) is 0 Å². The van der Waals surface area contributed by atoms with E-state index < -0.39 is 52.7 Å². The summed E-state index contributed by atoms with van der Waals surface area (Å²) in [6.45, 7) is 1.05. The number of alkyl halides is 11. The number of hydrogen-bond acceptors (Lipinski definition) is 2. The highest BCUT2D eigenvalue weighted by atomic mass is 19.4. The topological polar surface area (TPSA) is 46.2 Å². The smallest absolute Gasteiger partial charge is 0.323 e. The molecular formula is C15H8F11NO2. The minimum Gasteiger partial charge on any atom is -0.323 e. The Hall–Kier alpha value is -2.41. The summed E-state index contributed by atoms with van der Waals surface area (Å²) >= 11 is 0. The first-order chi connectivity index (χ1) is 12.8. The Morgan fingerprint density at radius 2 is 1.00 bits per heavy atom. The van der Waals surface area contributed by atoms with Crippen molar-refractivity contribution in [3.63, 3.8) is 0 Å². The van der Waals surface area contributed by atoms with Gasteiger partial charge in [-0.05, 0) is 31.2 Å². The minimum atomic E-state index is -7.40. The number of anilines is 1. The van der Waals surface area contributed by atoms with Crippen molar-refractivity contribution >= 4 is 17.4 Å². The molecule has 1 amide bonds. The molecule has 0 heterocycles. The van der Waals surface area contributed by atoms with E-state index in [0.717, 1.165) is 24.4 Å². The van der Waals surface area contributed by atoms with Crippen molar-refractivity contribution in [2.45, 2.75) is 42.2 Å². The lowest BCUT2D eigenvalue weighted by atomic mass is 9.71. The van der Waals surface area contributed by atoms with Crippen molar-refractivity contribution in [1.29, 1.82) is 0 Å². The molecule has 1 aromatic carbocycles. The largest absolute Gasteiger partial charge is 0.384 e. The maximum atomic E-state index is 14.5. The van der Waals surface area contributed by atoms with Gasteiger partial charge in [0.15, 0.2) is 5.78 Å². The predicted molar refractivity (Wildman–Crippen MR) is 73.7 cm³/mol. The molecule has 0 saturated heterocycles. The van der Waals surface area contributed by atoms with E-state index in [0.29, 0.717) is 12.1 Å². The number of rotatable bonds is 3. The van der Waals surface area contributed by atoms with Gasteiger partial charge in [0, 0.05) is 11.3 Å². The first-order valence-electron chi connectivity index (χ1n) is 7.31. The Kier molecular flexibility index (Phi) is 4.77. The number of hydrogen-bond donors (Lipinski definition) is 1. The van der Waals surface area contributed by atoms with Crippen molar-refractivity contribution < 1.29 is 57.9 Å². The third kappa shape index (κ3) is 2.49. The average Bonchev–Trinajstić information content (AvgIpc) is 2.59. The van der Waals surface area contributed by atoms with Gasteiger partial charge in [-0.25, -0.2) is 4.39 Å². The molecule has 1 N–H and O–H groups in total. The van der Waals surface area contributed by atoms with Crippen LogP contribution in [0.15, 0.2) is 24.3 Å². The zero-order valence-electron chi connectivity index (χ0n) is 13.8. The van der Waals surface area contributed by atoms with Gasteiger partial charge in [-0.15, -0.1) is 0 Å². The van der Waals surface area contributed by atoms with Gasteiger partial charge < -0.3 is 5.32 Å². The maximum Gasteiger partial charge on any atom is 0.384 e. The van der Waals surface area contributed by atoms with Gasteiger partial charge in [-0.2, -0.15) is 43.9 Å². The van der Waals surface area contributed by atoms with Crippen molar-refractivity contribution in [2.24, 2.45) is 0 Å². The molecule has 0 aliphatic heterocycles. The quantitative estimate of drug-likeness (QED) is 0.543. The number of carbonyl (C=O) groups excluding carboxylic acids is 2. The van der Waals surface area contributed by atoms with E-state index in [2.05, 4.69) is 0 Å². The zero-order valence-corrected chi connectivity index (χ0v) is 13.8. The summed E-state index contributed by atoms with van der Waals surface area (Å²) in [4.78, 5) is 22.8. The van der Waals surface area contributed by atoms with E-state index in [9.17, 15) is 57.9 Å². The molecule has 1 saturated carbocycles. The summed E-state index contributed by atoms with van der Waals surface area (Å²) in [5.41, 5.74) is -7.70. The standard InChI is InChI=1S/C15H8F11NO2/c1-6(28)7-2-4-8(5-3-7)27-9(29)10(16)11(17,18)13(21,22)15(25,26)14(23,24)12(10,19)20/h2-5H,1H3,(H,27,29).